The number of amides is 5. The Labute approximate surface area is 261 Å². The van der Waals surface area contributed by atoms with Gasteiger partial charge in [-0.25, -0.2) is 0 Å². The molecule has 0 spiro atoms. The second-order valence-corrected chi connectivity index (χ2v) is 10.9. The van der Waals surface area contributed by atoms with Crippen molar-refractivity contribution in [2.45, 2.75) is 91.9 Å². The van der Waals surface area contributed by atoms with Crippen molar-refractivity contribution in [1.82, 2.24) is 31.9 Å². The maximum atomic E-state index is 12.2. The van der Waals surface area contributed by atoms with Gasteiger partial charge >= 0.3 is 0 Å². The third-order valence-electron chi connectivity index (χ3n) is 6.78. The van der Waals surface area contributed by atoms with Gasteiger partial charge in [0.15, 0.2) is 0 Å². The van der Waals surface area contributed by atoms with E-state index in [1.54, 1.807) is 27.8 Å². The first-order valence-corrected chi connectivity index (χ1v) is 15.2. The van der Waals surface area contributed by atoms with E-state index in [-0.39, 0.29) is 35.6 Å². The summed E-state index contributed by atoms with van der Waals surface area (Å²) in [5, 5.41) is 34.7. The van der Waals surface area contributed by atoms with Crippen LogP contribution in [0.2, 0.25) is 0 Å². The molecule has 0 aliphatic rings. The lowest BCUT2D eigenvalue weighted by Gasteiger charge is -2.24. The van der Waals surface area contributed by atoms with E-state index in [1.807, 2.05) is 13.8 Å². The Kier molecular flexibility index (Phi) is 20.0. The van der Waals surface area contributed by atoms with Crippen LogP contribution in [0, 0.1) is 11.8 Å². The van der Waals surface area contributed by atoms with E-state index >= 15 is 0 Å². The van der Waals surface area contributed by atoms with Gasteiger partial charge in [-0.3, -0.25) is 29.2 Å². The molecule has 44 heavy (non-hydrogen) atoms. The van der Waals surface area contributed by atoms with Crippen molar-refractivity contribution >= 4 is 29.5 Å². The van der Waals surface area contributed by atoms with Crippen LogP contribution in [-0.4, -0.2) is 90.8 Å². The molecule has 0 aromatic carbocycles. The van der Waals surface area contributed by atoms with Gasteiger partial charge in [-0.2, -0.15) is 0 Å². The Hall–Kier alpha value is -3.78. The van der Waals surface area contributed by atoms with Crippen LogP contribution in [0.4, 0.5) is 0 Å². The maximum absolute atomic E-state index is 12.2. The summed E-state index contributed by atoms with van der Waals surface area (Å²) in [6.45, 7) is 13.6. The first-order chi connectivity index (χ1) is 20.7. The van der Waals surface area contributed by atoms with Crippen molar-refractivity contribution < 1.29 is 39.0 Å². The summed E-state index contributed by atoms with van der Waals surface area (Å²) in [6.07, 6.45) is 4.70. The maximum Gasteiger partial charge on any atom is 0.252 e. The molecule has 1 rings (SSSR count). The van der Waals surface area contributed by atoms with Gasteiger partial charge in [-0.05, 0) is 32.1 Å². The van der Waals surface area contributed by atoms with E-state index in [4.69, 9.17) is 5.21 Å². The Morgan fingerprint density at radius 1 is 0.886 bits per heavy atom. The number of aromatic nitrogens is 1. The highest BCUT2D eigenvalue weighted by Gasteiger charge is 2.26. The van der Waals surface area contributed by atoms with E-state index in [9.17, 15) is 29.1 Å². The van der Waals surface area contributed by atoms with Crippen LogP contribution < -0.4 is 36.6 Å². The average molecular weight is 625 g/mol. The highest BCUT2D eigenvalue weighted by molar-refractivity contribution is 5.97. The van der Waals surface area contributed by atoms with Crippen molar-refractivity contribution in [3.05, 3.63) is 30.1 Å². The number of likely N-dealkylation sites (N-methyl/N-ethyl adjacent to an activating group) is 2. The molecule has 0 aliphatic carbocycles. The monoisotopic (exact) mass is 624 g/mol. The lowest BCUT2D eigenvalue weighted by atomic mass is 9.98. The van der Waals surface area contributed by atoms with E-state index in [0.29, 0.717) is 31.0 Å². The summed E-state index contributed by atoms with van der Waals surface area (Å²) >= 11 is 0. The van der Waals surface area contributed by atoms with Crippen LogP contribution in [0.15, 0.2) is 24.5 Å². The number of aliphatic hydroxyl groups is 1. The molecule has 14 heteroatoms. The van der Waals surface area contributed by atoms with Crippen LogP contribution in [0.3, 0.4) is 0 Å². The summed E-state index contributed by atoms with van der Waals surface area (Å²) in [7, 11) is 1.54. The zero-order valence-corrected chi connectivity index (χ0v) is 27.4. The quantitative estimate of drug-likeness (QED) is 0.0846. The minimum absolute atomic E-state index is 0.0267. The van der Waals surface area contributed by atoms with Crippen molar-refractivity contribution in [3.63, 3.8) is 0 Å². The van der Waals surface area contributed by atoms with Crippen LogP contribution >= 0.6 is 0 Å². The van der Waals surface area contributed by atoms with Crippen molar-refractivity contribution in [3.8, 4) is 0 Å². The molecule has 14 nitrogen and oxygen atoms in total. The first kappa shape index (κ1) is 40.2. The van der Waals surface area contributed by atoms with Crippen LogP contribution in [0.25, 0.3) is 0 Å². The number of carbonyl (C=O) groups is 5. The molecule has 0 radical (unpaired) electrons. The third-order valence-corrected chi connectivity index (χ3v) is 6.78. The molecule has 0 fully saturated rings. The second kappa shape index (κ2) is 21.8. The minimum Gasteiger partial charge on any atom is -0.394 e. The number of rotatable bonds is 17. The molecular weight excluding hydrogens is 570 g/mol. The van der Waals surface area contributed by atoms with Gasteiger partial charge < -0.3 is 37.0 Å². The molecule has 0 saturated carbocycles. The highest BCUT2D eigenvalue weighted by atomic mass is 16.5. The molecule has 0 aliphatic heterocycles. The molecule has 3 unspecified atom stereocenters. The number of carbonyl (C=O) groups excluding carboxylic acids is 5. The number of nitrogens with zero attached hydrogens (tertiary/aromatic N) is 1. The molecule has 0 saturated heterocycles. The van der Waals surface area contributed by atoms with Crippen LogP contribution in [-0.2, 0) is 19.2 Å². The normalized spacial score (nSPS) is 14.0. The van der Waals surface area contributed by atoms with Crippen molar-refractivity contribution in [2.75, 3.05) is 26.7 Å². The molecule has 8 N–H and O–H groups in total. The second-order valence-electron chi connectivity index (χ2n) is 10.9. The van der Waals surface area contributed by atoms with Gasteiger partial charge in [0.1, 0.15) is 12.1 Å². The predicted octanol–water partition coefficient (Wildman–Crippen LogP) is -0.379. The van der Waals surface area contributed by atoms with E-state index < -0.39 is 30.6 Å². The molecule has 0 bridgehead atoms. The molecule has 250 valence electrons. The Morgan fingerprint density at radius 2 is 1.50 bits per heavy atom. The largest absolute Gasteiger partial charge is 0.394 e. The summed E-state index contributed by atoms with van der Waals surface area (Å²) in [4.78, 5) is 59.3. The lowest BCUT2D eigenvalue weighted by Crippen LogP contribution is -2.55. The van der Waals surface area contributed by atoms with Gasteiger partial charge in [0.25, 0.3) is 5.91 Å². The summed E-state index contributed by atoms with van der Waals surface area (Å²) < 4.78 is 0.849. The molecule has 1 aromatic rings. The smallest absolute Gasteiger partial charge is 0.252 e. The summed E-state index contributed by atoms with van der Waals surface area (Å²) in [5.41, 5.74) is 0.391. The minimum atomic E-state index is -0.969. The number of nitrogens with one attached hydrogen (secondary N) is 6. The number of hydrogen-bond acceptors (Lipinski definition) is 8. The Bertz CT molecular complexity index is 1040. The van der Waals surface area contributed by atoms with Crippen LogP contribution in [0.1, 0.15) is 78.1 Å². The average Bonchev–Trinajstić information content (AvgIpc) is 3.00. The van der Waals surface area contributed by atoms with Gasteiger partial charge in [-0.1, -0.05) is 41.0 Å². The van der Waals surface area contributed by atoms with Gasteiger partial charge in [0.05, 0.1) is 18.2 Å². The number of aliphatic hydroxyl groups excluding tert-OH is 1. The van der Waals surface area contributed by atoms with Gasteiger partial charge in [0, 0.05) is 49.5 Å². The van der Waals surface area contributed by atoms with Crippen LogP contribution in [0.5, 0.6) is 0 Å². The zero-order valence-electron chi connectivity index (χ0n) is 27.4. The van der Waals surface area contributed by atoms with Crippen molar-refractivity contribution in [2.24, 2.45) is 11.8 Å². The molecule has 1 aromatic heterocycles. The number of pyridine rings is 1. The summed E-state index contributed by atoms with van der Waals surface area (Å²) in [6, 6.07) is 0.794. The molecule has 1 heterocycles. The fourth-order valence-electron chi connectivity index (χ4n) is 3.94. The summed E-state index contributed by atoms with van der Waals surface area (Å²) in [5.74, 6) is -0.930. The van der Waals surface area contributed by atoms with Gasteiger partial charge in [0.2, 0.25) is 36.0 Å². The lowest BCUT2D eigenvalue weighted by molar-refractivity contribution is -0.904. The Morgan fingerprint density at radius 3 is 1.98 bits per heavy atom. The SMILES string of the molecule is CCNC(=O)C(CO)NC(=O)[C@H](C)NCC(CC(C)C)NC(=O)CC.CC[C@H](C)C(NC(=O)c1cc[n+](O)cc1)C(=O)NC. The fraction of sp³-hybridized carbons (Fsp3) is 0.667. The van der Waals surface area contributed by atoms with E-state index in [1.165, 1.54) is 24.5 Å². The molecule has 5 atom stereocenters. The topological polar surface area (TPSA) is 202 Å². The van der Waals surface area contributed by atoms with E-state index in [2.05, 4.69) is 45.7 Å². The predicted molar refractivity (Wildman–Crippen MR) is 165 cm³/mol. The molecule has 5 amide bonds. The van der Waals surface area contributed by atoms with Gasteiger partial charge in [-0.15, -0.1) is 0 Å². The third kappa shape index (κ3) is 15.6. The Balaban J connectivity index is 0.000000870. The first-order valence-electron chi connectivity index (χ1n) is 15.2. The highest BCUT2D eigenvalue weighted by Crippen LogP contribution is 2.09. The van der Waals surface area contributed by atoms with Crippen molar-refractivity contribution in [1.29, 1.82) is 0 Å². The zero-order chi connectivity index (χ0) is 33.8. The fourth-order valence-corrected chi connectivity index (χ4v) is 3.94. The molecular formula is C30H54N7O7+. The number of hydrogen-bond donors (Lipinski definition) is 8. The van der Waals surface area contributed by atoms with E-state index in [0.717, 1.165) is 17.6 Å². The standard InChI is InChI=1S/C17H34N4O4.C13H19N3O3/c1-6-15(23)20-13(8-11(3)4)9-19-12(5)16(24)21-14(10-22)17(25)18-7-2;1-4-9(2)11(13(18)14-3)15-12(17)10-5-7-16(19)8-6-10/h11-14,19,22H,6-10H2,1-5H3,(H,18,25)(H,20,23)(H,21,24);5-9,11H,4H2,1-3H3,(H2-,14,15,17,18,19)/p+1/t12-,13?,14?;9-,11?/m00/s1.